The zero-order valence-corrected chi connectivity index (χ0v) is 16.6. The molecule has 0 aliphatic carbocycles. The molecule has 2 rings (SSSR count). The summed E-state index contributed by atoms with van der Waals surface area (Å²) < 4.78 is 5.79. The van der Waals surface area contributed by atoms with Crippen molar-refractivity contribution >= 4 is 34.2 Å². The second kappa shape index (κ2) is 9.91. The van der Waals surface area contributed by atoms with Gasteiger partial charge in [-0.25, -0.2) is 9.78 Å². The van der Waals surface area contributed by atoms with Gasteiger partial charge < -0.3 is 15.2 Å². The molecule has 2 amide bonds. The van der Waals surface area contributed by atoms with Crippen molar-refractivity contribution in [1.82, 2.24) is 4.98 Å². The molecule has 0 bridgehead atoms. The van der Waals surface area contributed by atoms with Crippen molar-refractivity contribution in [3.63, 3.8) is 0 Å². The van der Waals surface area contributed by atoms with Gasteiger partial charge in [0.25, 0.3) is 0 Å². The van der Waals surface area contributed by atoms with Gasteiger partial charge in [-0.05, 0) is 43.4 Å². The number of hydrogen-bond acceptors (Lipinski definition) is 5. The number of anilines is 2. The lowest BCUT2D eigenvalue weighted by molar-refractivity contribution is -0.137. The van der Waals surface area contributed by atoms with Crippen molar-refractivity contribution < 1.29 is 19.4 Å². The predicted octanol–water partition coefficient (Wildman–Crippen LogP) is 4.54. The molecule has 0 radical (unpaired) electrons. The van der Waals surface area contributed by atoms with Crippen LogP contribution in [0.15, 0.2) is 24.4 Å². The van der Waals surface area contributed by atoms with E-state index in [1.807, 2.05) is 25.1 Å². The van der Waals surface area contributed by atoms with Crippen LogP contribution in [0.1, 0.15) is 37.1 Å². The molecular formula is C19H25N3O4S. The van der Waals surface area contributed by atoms with Crippen LogP contribution in [0.25, 0.3) is 0 Å². The van der Waals surface area contributed by atoms with E-state index in [2.05, 4.69) is 29.5 Å². The molecule has 3 N–H and O–H groups in total. The number of benzene rings is 1. The van der Waals surface area contributed by atoms with Crippen LogP contribution < -0.4 is 15.4 Å². The largest absolute Gasteiger partial charge is 0.491 e. The fourth-order valence-electron chi connectivity index (χ4n) is 2.25. The summed E-state index contributed by atoms with van der Waals surface area (Å²) in [5.41, 5.74) is 1.64. The number of aryl methyl sites for hydroxylation is 2. The number of carboxylic acid groups (broad SMARTS) is 1. The third-order valence-electron chi connectivity index (χ3n) is 3.55. The number of carbonyl (C=O) groups excluding carboxylic acids is 1. The van der Waals surface area contributed by atoms with Crippen molar-refractivity contribution in [1.29, 1.82) is 0 Å². The van der Waals surface area contributed by atoms with Crippen molar-refractivity contribution in [3.05, 3.63) is 34.8 Å². The van der Waals surface area contributed by atoms with Crippen LogP contribution in [-0.2, 0) is 11.2 Å². The van der Waals surface area contributed by atoms with E-state index in [-0.39, 0.29) is 6.42 Å². The Balaban J connectivity index is 1.94. The first-order valence-corrected chi connectivity index (χ1v) is 9.63. The van der Waals surface area contributed by atoms with Crippen LogP contribution in [0, 0.1) is 12.8 Å². The monoisotopic (exact) mass is 391 g/mol. The number of rotatable bonds is 9. The molecule has 0 spiro atoms. The summed E-state index contributed by atoms with van der Waals surface area (Å²) in [5, 5.41) is 14.6. The molecule has 1 aromatic heterocycles. The number of urea groups is 1. The first kappa shape index (κ1) is 20.7. The number of aromatic nitrogens is 1. The van der Waals surface area contributed by atoms with E-state index in [9.17, 15) is 9.59 Å². The van der Waals surface area contributed by atoms with E-state index in [4.69, 9.17) is 9.84 Å². The van der Waals surface area contributed by atoms with Crippen molar-refractivity contribution in [2.45, 2.75) is 40.0 Å². The number of thiazole rings is 1. The van der Waals surface area contributed by atoms with Gasteiger partial charge >= 0.3 is 12.0 Å². The van der Waals surface area contributed by atoms with Gasteiger partial charge in [0.15, 0.2) is 5.13 Å². The lowest BCUT2D eigenvalue weighted by Gasteiger charge is -2.14. The third kappa shape index (κ3) is 7.26. The van der Waals surface area contributed by atoms with Gasteiger partial charge in [-0.1, -0.05) is 19.9 Å². The van der Waals surface area contributed by atoms with Crippen molar-refractivity contribution in [2.24, 2.45) is 5.92 Å². The van der Waals surface area contributed by atoms with Gasteiger partial charge in [-0.3, -0.25) is 10.1 Å². The number of hydrogen-bond donors (Lipinski definition) is 3. The quantitative estimate of drug-likeness (QED) is 0.583. The molecule has 0 atom stereocenters. The van der Waals surface area contributed by atoms with Gasteiger partial charge in [0, 0.05) is 17.5 Å². The van der Waals surface area contributed by atoms with Crippen LogP contribution in [-0.4, -0.2) is 28.7 Å². The predicted molar refractivity (Wildman–Crippen MR) is 107 cm³/mol. The first-order valence-electron chi connectivity index (χ1n) is 8.81. The van der Waals surface area contributed by atoms with E-state index >= 15 is 0 Å². The maximum Gasteiger partial charge on any atom is 0.325 e. The van der Waals surface area contributed by atoms with Crippen LogP contribution in [0.5, 0.6) is 5.75 Å². The minimum Gasteiger partial charge on any atom is -0.491 e. The lowest BCUT2D eigenvalue weighted by Crippen LogP contribution is -2.20. The van der Waals surface area contributed by atoms with E-state index in [0.717, 1.165) is 10.4 Å². The molecule has 146 valence electrons. The molecule has 0 aliphatic rings. The Morgan fingerprint density at radius 3 is 2.78 bits per heavy atom. The topological polar surface area (TPSA) is 101 Å². The molecule has 0 unspecified atom stereocenters. The number of amides is 2. The molecule has 8 heteroatoms. The second-order valence-electron chi connectivity index (χ2n) is 6.66. The highest BCUT2D eigenvalue weighted by Crippen LogP contribution is 2.27. The Morgan fingerprint density at radius 2 is 2.07 bits per heavy atom. The molecular weight excluding hydrogens is 366 g/mol. The van der Waals surface area contributed by atoms with E-state index in [0.29, 0.717) is 41.9 Å². The standard InChI is InChI=1S/C19H25N3O4S/c1-12(2)11-26-16-9-13(3)7-8-15(16)21-18(25)22-19-20-10-14(27-19)5-4-6-17(23)24/h7-10,12H,4-6,11H2,1-3H3,(H,23,24)(H2,20,21,22,25). The number of carboxylic acids is 1. The average Bonchev–Trinajstić information content (AvgIpc) is 3.01. The normalized spacial score (nSPS) is 10.7. The first-order chi connectivity index (χ1) is 12.8. The minimum absolute atomic E-state index is 0.119. The van der Waals surface area contributed by atoms with Crippen LogP contribution >= 0.6 is 11.3 Å². The minimum atomic E-state index is -0.814. The van der Waals surface area contributed by atoms with E-state index < -0.39 is 12.0 Å². The van der Waals surface area contributed by atoms with Crippen LogP contribution in [0.4, 0.5) is 15.6 Å². The van der Waals surface area contributed by atoms with Gasteiger partial charge in [0.05, 0.1) is 12.3 Å². The summed E-state index contributed by atoms with van der Waals surface area (Å²) >= 11 is 1.34. The third-order valence-corrected chi connectivity index (χ3v) is 4.52. The highest BCUT2D eigenvalue weighted by Gasteiger charge is 2.11. The second-order valence-corrected chi connectivity index (χ2v) is 7.78. The van der Waals surface area contributed by atoms with Crippen LogP contribution in [0.2, 0.25) is 0 Å². The molecule has 0 fully saturated rings. The summed E-state index contributed by atoms with van der Waals surface area (Å²) in [6.45, 7) is 6.65. The van der Waals surface area contributed by atoms with Crippen LogP contribution in [0.3, 0.4) is 0 Å². The Kier molecular flexibility index (Phi) is 7.60. The van der Waals surface area contributed by atoms with Gasteiger partial charge in [-0.2, -0.15) is 0 Å². The number of aliphatic carboxylic acids is 1. The molecule has 7 nitrogen and oxygen atoms in total. The number of nitrogens with one attached hydrogen (secondary N) is 2. The summed E-state index contributed by atoms with van der Waals surface area (Å²) in [6.07, 6.45) is 2.94. The Hall–Kier alpha value is -2.61. The van der Waals surface area contributed by atoms with E-state index in [1.165, 1.54) is 11.3 Å². The fraction of sp³-hybridized carbons (Fsp3) is 0.421. The maximum atomic E-state index is 12.3. The molecule has 27 heavy (non-hydrogen) atoms. The fourth-order valence-corrected chi connectivity index (χ4v) is 3.10. The summed E-state index contributed by atoms with van der Waals surface area (Å²) in [5.74, 6) is 0.195. The van der Waals surface area contributed by atoms with Crippen molar-refractivity contribution in [2.75, 3.05) is 17.2 Å². The highest BCUT2D eigenvalue weighted by molar-refractivity contribution is 7.15. The van der Waals surface area contributed by atoms with Gasteiger partial charge in [-0.15, -0.1) is 11.3 Å². The smallest absolute Gasteiger partial charge is 0.325 e. The molecule has 2 aromatic rings. The summed E-state index contributed by atoms with van der Waals surface area (Å²) in [4.78, 5) is 27.9. The van der Waals surface area contributed by atoms with E-state index in [1.54, 1.807) is 6.20 Å². The van der Waals surface area contributed by atoms with Crippen molar-refractivity contribution in [3.8, 4) is 5.75 Å². The summed E-state index contributed by atoms with van der Waals surface area (Å²) in [7, 11) is 0. The number of ether oxygens (including phenoxy) is 1. The molecule has 1 heterocycles. The molecule has 0 saturated heterocycles. The summed E-state index contributed by atoms with van der Waals surface area (Å²) in [6, 6.07) is 5.20. The zero-order chi connectivity index (χ0) is 19.8. The SMILES string of the molecule is Cc1ccc(NC(=O)Nc2ncc(CCCC(=O)O)s2)c(OCC(C)C)c1. The maximum absolute atomic E-state index is 12.3. The number of carbonyl (C=O) groups is 2. The Morgan fingerprint density at radius 1 is 1.30 bits per heavy atom. The lowest BCUT2D eigenvalue weighted by atomic mass is 10.2. The zero-order valence-electron chi connectivity index (χ0n) is 15.7. The van der Waals surface area contributed by atoms with Gasteiger partial charge in [0.1, 0.15) is 5.75 Å². The molecule has 0 saturated carbocycles. The Labute approximate surface area is 162 Å². The molecule has 1 aromatic carbocycles. The van der Waals surface area contributed by atoms with Gasteiger partial charge in [0.2, 0.25) is 0 Å². The Bertz CT molecular complexity index is 789. The molecule has 0 aliphatic heterocycles. The number of nitrogens with zero attached hydrogens (tertiary/aromatic N) is 1. The highest BCUT2D eigenvalue weighted by atomic mass is 32.1. The average molecular weight is 391 g/mol.